The first-order valence-electron chi connectivity index (χ1n) is 12.6. The van der Waals surface area contributed by atoms with Gasteiger partial charge in [-0.25, -0.2) is 11.6 Å². The van der Waals surface area contributed by atoms with Gasteiger partial charge in [0.2, 0.25) is 0 Å². The second-order valence-corrected chi connectivity index (χ2v) is 10.3. The Kier molecular flexibility index (Phi) is 13.3. The summed E-state index contributed by atoms with van der Waals surface area (Å²) in [7, 11) is 0. The van der Waals surface area contributed by atoms with E-state index in [1.165, 1.54) is 76.8 Å². The first-order chi connectivity index (χ1) is 17.5. The Balaban J connectivity index is 0.000000207. The zero-order valence-electron chi connectivity index (χ0n) is 22.1. The molecule has 0 atom stereocenters. The topological polar surface area (TPSA) is 0 Å². The van der Waals surface area contributed by atoms with Crippen LogP contribution in [0.25, 0.3) is 21.5 Å². The van der Waals surface area contributed by atoms with E-state index in [1.54, 1.807) is 0 Å². The molecule has 0 unspecified atom stereocenters. The third-order valence-corrected chi connectivity index (χ3v) is 7.71. The van der Waals surface area contributed by atoms with E-state index in [9.17, 15) is 0 Å². The molecule has 0 aliphatic heterocycles. The summed E-state index contributed by atoms with van der Waals surface area (Å²) in [5.41, 5.74) is 6.68. The van der Waals surface area contributed by atoms with Crippen molar-refractivity contribution in [1.82, 2.24) is 0 Å². The number of allylic oxidation sites excluding steroid dienone is 4. The van der Waals surface area contributed by atoms with Crippen molar-refractivity contribution in [2.24, 2.45) is 0 Å². The van der Waals surface area contributed by atoms with Crippen LogP contribution in [0.15, 0.2) is 121 Å². The van der Waals surface area contributed by atoms with E-state index in [0.29, 0.717) is 0 Å². The van der Waals surface area contributed by atoms with Gasteiger partial charge < -0.3 is 24.8 Å². The first-order valence-corrected chi connectivity index (χ1v) is 13.8. The van der Waals surface area contributed by atoms with Crippen LogP contribution in [0.5, 0.6) is 0 Å². The van der Waals surface area contributed by atoms with Crippen LogP contribution in [0.2, 0.25) is 0 Å². The van der Waals surface area contributed by atoms with Gasteiger partial charge in [-0.15, -0.1) is 46.2 Å². The summed E-state index contributed by atoms with van der Waals surface area (Å²) >= 11 is 1.46. The van der Waals surface area contributed by atoms with Crippen LogP contribution in [0, 0.1) is 19.9 Å². The summed E-state index contributed by atoms with van der Waals surface area (Å²) in [4.78, 5) is 0. The molecule has 0 N–H and O–H groups in total. The van der Waals surface area contributed by atoms with E-state index in [4.69, 9.17) is 0 Å². The molecular formula is C35H32Cl2Zr-2. The molecule has 0 aromatic heterocycles. The van der Waals surface area contributed by atoms with Gasteiger partial charge >= 0.3 is 99.2 Å². The summed E-state index contributed by atoms with van der Waals surface area (Å²) in [6, 6.07) is 36.7. The number of halogens is 2. The predicted octanol–water partition coefficient (Wildman–Crippen LogP) is 3.22. The second kappa shape index (κ2) is 15.8. The van der Waals surface area contributed by atoms with Crippen LogP contribution in [-0.2, 0) is 24.2 Å². The van der Waals surface area contributed by atoms with Gasteiger partial charge in [0.05, 0.1) is 0 Å². The fraction of sp³-hybridized carbons (Fsp3) is 0.143. The Morgan fingerprint density at radius 2 is 1.21 bits per heavy atom. The van der Waals surface area contributed by atoms with Crippen LogP contribution in [0.3, 0.4) is 0 Å². The van der Waals surface area contributed by atoms with Crippen molar-refractivity contribution in [3.8, 4) is 0 Å². The van der Waals surface area contributed by atoms with Gasteiger partial charge in [0.15, 0.2) is 0 Å². The molecule has 0 fully saturated rings. The van der Waals surface area contributed by atoms with Crippen LogP contribution >= 0.6 is 0 Å². The molecule has 5 aromatic rings. The second-order valence-electron chi connectivity index (χ2n) is 9.09. The van der Waals surface area contributed by atoms with E-state index in [-0.39, 0.29) is 24.8 Å². The molecule has 0 spiro atoms. The van der Waals surface area contributed by atoms with E-state index in [2.05, 4.69) is 142 Å². The van der Waals surface area contributed by atoms with Gasteiger partial charge in [-0.2, -0.15) is 6.08 Å². The number of rotatable bonds is 3. The summed E-state index contributed by atoms with van der Waals surface area (Å²) < 4.78 is 1.42. The molecule has 0 saturated carbocycles. The van der Waals surface area contributed by atoms with Crippen LogP contribution in [-0.4, -0.2) is 3.21 Å². The number of hydrogen-bond acceptors (Lipinski definition) is 0. The molecule has 1 aliphatic rings. The maximum atomic E-state index is 3.21. The monoisotopic (exact) mass is 612 g/mol. The number of fused-ring (bicyclic) bond motifs is 3. The van der Waals surface area contributed by atoms with Crippen LogP contribution in [0.4, 0.5) is 0 Å². The predicted molar refractivity (Wildman–Crippen MR) is 153 cm³/mol. The van der Waals surface area contributed by atoms with Crippen LogP contribution in [0.1, 0.15) is 42.0 Å². The summed E-state index contributed by atoms with van der Waals surface area (Å²) in [6.45, 7) is 6.43. The zero-order chi connectivity index (χ0) is 25.3. The molecule has 0 amide bonds. The summed E-state index contributed by atoms with van der Waals surface area (Å²) in [6.07, 6.45) is 9.65. The average Bonchev–Trinajstić information content (AvgIpc) is 3.57. The molecule has 5 aromatic carbocycles. The van der Waals surface area contributed by atoms with Crippen molar-refractivity contribution in [2.75, 3.05) is 0 Å². The molecule has 0 nitrogen and oxygen atoms in total. The van der Waals surface area contributed by atoms with E-state index in [0.717, 1.165) is 12.8 Å². The number of aryl methyl sites for hydroxylation is 2. The Morgan fingerprint density at radius 3 is 1.58 bits per heavy atom. The van der Waals surface area contributed by atoms with E-state index >= 15 is 0 Å². The number of hydrogen-bond donors (Lipinski definition) is 0. The van der Waals surface area contributed by atoms with Gasteiger partial charge in [-0.05, 0) is 13.8 Å². The molecule has 0 bridgehead atoms. The normalized spacial score (nSPS) is 11.3. The third kappa shape index (κ3) is 8.54. The van der Waals surface area contributed by atoms with Crippen molar-refractivity contribution in [3.63, 3.8) is 0 Å². The van der Waals surface area contributed by atoms with Crippen molar-refractivity contribution >= 4 is 24.8 Å². The van der Waals surface area contributed by atoms with Gasteiger partial charge in [-0.1, -0.05) is 48.7 Å². The maximum absolute atomic E-state index is 3.21. The molecule has 1 aliphatic carbocycles. The van der Waals surface area contributed by atoms with E-state index < -0.39 is 0 Å². The van der Waals surface area contributed by atoms with Gasteiger partial charge in [0.1, 0.15) is 0 Å². The van der Waals surface area contributed by atoms with Gasteiger partial charge in [-0.3, -0.25) is 6.08 Å². The fourth-order valence-corrected chi connectivity index (χ4v) is 5.15. The molecule has 0 heterocycles. The van der Waals surface area contributed by atoms with Crippen molar-refractivity contribution in [1.29, 1.82) is 0 Å². The summed E-state index contributed by atoms with van der Waals surface area (Å²) in [5.74, 6) is 0. The summed E-state index contributed by atoms with van der Waals surface area (Å²) in [5, 5.41) is 5.46. The quantitative estimate of drug-likeness (QED) is 0.274. The van der Waals surface area contributed by atoms with E-state index in [1.807, 2.05) is 0 Å². The molecule has 0 saturated heterocycles. The molecule has 192 valence electrons. The number of benzene rings is 4. The van der Waals surface area contributed by atoms with Crippen molar-refractivity contribution < 1.29 is 49.0 Å². The molecular weight excluding hydrogens is 583 g/mol. The zero-order valence-corrected chi connectivity index (χ0v) is 26.1. The molecule has 38 heavy (non-hydrogen) atoms. The Bertz CT molecular complexity index is 1410. The Morgan fingerprint density at radius 1 is 0.737 bits per heavy atom. The Labute approximate surface area is 255 Å². The van der Waals surface area contributed by atoms with Crippen molar-refractivity contribution in [3.05, 3.63) is 149 Å². The van der Waals surface area contributed by atoms with Gasteiger partial charge in [0, 0.05) is 0 Å². The van der Waals surface area contributed by atoms with Crippen molar-refractivity contribution in [2.45, 2.75) is 33.6 Å². The fourth-order valence-electron chi connectivity index (χ4n) is 4.33. The van der Waals surface area contributed by atoms with Gasteiger partial charge in [0.25, 0.3) is 0 Å². The molecule has 6 rings (SSSR count). The van der Waals surface area contributed by atoms with Crippen LogP contribution < -0.4 is 24.8 Å². The minimum atomic E-state index is 0. The molecule has 0 radical (unpaired) electrons. The molecule has 3 heteroatoms. The third-order valence-electron chi connectivity index (χ3n) is 6.29. The average molecular weight is 615 g/mol. The standard InChI is InChI=1S/C15H13.C13H10.C7H9.2ClH.Zr/c1-10-3-5-14-12(7-10)9-13-8-11(2)4-6-15(13)14;1-3-7-12(8-4-1)11-13-9-5-2-6-10-13;1-2-7-5-3-4-6-7;;;/h3-9H,1-2H3;1-10H;3,5H,2,4H2,1H3;2*1H;/q-1;;-1;;;+2/p-2. The SMILES string of the molecule is CCC1=[C-]CC=C1.Cc1ccc2c(c1)[cH-]c1cc(C)ccc12.[Cl-].[Cl-].[Zr+2]=[C](c1ccccc1)c1ccccc1. The minimum absolute atomic E-state index is 0. The Hall–Kier alpha value is -2.44. The first kappa shape index (κ1) is 31.8.